The van der Waals surface area contributed by atoms with Crippen LogP contribution in [0.3, 0.4) is 0 Å². The molecule has 0 bridgehead atoms. The Hall–Kier alpha value is -7.23. The molecule has 0 fully saturated rings. The Morgan fingerprint density at radius 2 is 0.741 bits per heavy atom. The Morgan fingerprint density at radius 1 is 0.293 bits per heavy atom. The van der Waals surface area contributed by atoms with Gasteiger partial charge in [-0.1, -0.05) is 196 Å². The van der Waals surface area contributed by atoms with Crippen molar-refractivity contribution in [2.24, 2.45) is 0 Å². The lowest BCUT2D eigenvalue weighted by molar-refractivity contribution is 0.660. The Bertz CT molecular complexity index is 2910. The molecule has 274 valence electrons. The van der Waals surface area contributed by atoms with Gasteiger partial charge in [-0.25, -0.2) is 15.0 Å². The topological polar surface area (TPSA) is 38.7 Å². The zero-order valence-electron chi connectivity index (χ0n) is 32.4. The van der Waals surface area contributed by atoms with E-state index in [2.05, 4.69) is 178 Å². The van der Waals surface area contributed by atoms with Gasteiger partial charge in [0, 0.05) is 22.1 Å². The zero-order chi connectivity index (χ0) is 38.8. The predicted octanol–water partition coefficient (Wildman–Crippen LogP) is 13.2. The van der Waals surface area contributed by atoms with Crippen LogP contribution in [0.5, 0.6) is 0 Å². The molecule has 8 aromatic carbocycles. The summed E-state index contributed by atoms with van der Waals surface area (Å²) in [5.74, 6) is 1.92. The van der Waals surface area contributed by atoms with Gasteiger partial charge in [-0.2, -0.15) is 0 Å². The monoisotopic (exact) mass is 741 g/mol. The average Bonchev–Trinajstić information content (AvgIpc) is 3.72. The number of hydrogen-bond donors (Lipinski definition) is 0. The van der Waals surface area contributed by atoms with Crippen molar-refractivity contribution in [3.05, 3.63) is 234 Å². The van der Waals surface area contributed by atoms with Gasteiger partial charge in [0.1, 0.15) is 0 Å². The minimum absolute atomic E-state index is 0.105. The van der Waals surface area contributed by atoms with E-state index in [0.29, 0.717) is 17.5 Å². The number of hydrogen-bond acceptors (Lipinski definition) is 3. The summed E-state index contributed by atoms with van der Waals surface area (Å²) in [6, 6.07) is 72.1. The Kier molecular flexibility index (Phi) is 7.74. The Labute approximate surface area is 339 Å². The third-order valence-corrected chi connectivity index (χ3v) is 12.4. The molecule has 0 spiro atoms. The van der Waals surface area contributed by atoms with E-state index in [9.17, 15) is 0 Å². The molecule has 0 aliphatic heterocycles. The van der Waals surface area contributed by atoms with Gasteiger partial charge in [-0.3, -0.25) is 0 Å². The highest BCUT2D eigenvalue weighted by molar-refractivity contribution is 5.95. The molecule has 1 heterocycles. The van der Waals surface area contributed by atoms with Gasteiger partial charge in [-0.15, -0.1) is 0 Å². The van der Waals surface area contributed by atoms with Gasteiger partial charge in [0.25, 0.3) is 0 Å². The fourth-order valence-electron chi connectivity index (χ4n) is 9.73. The maximum Gasteiger partial charge on any atom is 0.164 e. The van der Waals surface area contributed by atoms with E-state index in [1.807, 2.05) is 36.4 Å². The molecule has 58 heavy (non-hydrogen) atoms. The minimum Gasteiger partial charge on any atom is -0.208 e. The van der Waals surface area contributed by atoms with Crippen LogP contribution in [0, 0.1) is 0 Å². The van der Waals surface area contributed by atoms with Gasteiger partial charge in [-0.05, 0) is 85.0 Å². The standard InChI is InChI=1S/C55H39N3/c1-54(2)47-29-17-15-27-41(47)44-33-38(31-32-48(44)54)43-35-50-45(42-28-16-18-30-49(42)55(50,39-23-11-5-12-24-39)40-25-13-6-14-26-40)34-46(43)53-57-51(36-19-7-3-8-20-36)56-52(58-53)37-21-9-4-10-22-37/h3-35H,1-2H3. The number of benzene rings is 8. The summed E-state index contributed by atoms with van der Waals surface area (Å²) >= 11 is 0. The lowest BCUT2D eigenvalue weighted by Crippen LogP contribution is -2.28. The molecule has 0 saturated heterocycles. The quantitative estimate of drug-likeness (QED) is 0.170. The van der Waals surface area contributed by atoms with E-state index >= 15 is 0 Å². The molecular formula is C55H39N3. The third kappa shape index (κ3) is 5.10. The van der Waals surface area contributed by atoms with E-state index in [1.54, 1.807) is 0 Å². The van der Waals surface area contributed by atoms with Crippen LogP contribution in [0.1, 0.15) is 47.2 Å². The van der Waals surface area contributed by atoms with Crippen molar-refractivity contribution in [2.75, 3.05) is 0 Å². The van der Waals surface area contributed by atoms with Gasteiger partial charge >= 0.3 is 0 Å². The fourth-order valence-corrected chi connectivity index (χ4v) is 9.73. The second-order valence-corrected chi connectivity index (χ2v) is 15.9. The molecule has 9 aromatic rings. The van der Waals surface area contributed by atoms with Crippen molar-refractivity contribution in [2.45, 2.75) is 24.7 Å². The van der Waals surface area contributed by atoms with E-state index in [4.69, 9.17) is 15.0 Å². The second kappa shape index (κ2) is 13.2. The van der Waals surface area contributed by atoms with Crippen LogP contribution in [0.2, 0.25) is 0 Å². The van der Waals surface area contributed by atoms with E-state index in [1.165, 1.54) is 55.6 Å². The highest BCUT2D eigenvalue weighted by Gasteiger charge is 2.47. The molecule has 3 nitrogen and oxygen atoms in total. The molecule has 0 unspecified atom stereocenters. The summed E-state index contributed by atoms with van der Waals surface area (Å²) in [7, 11) is 0. The number of fused-ring (bicyclic) bond motifs is 6. The van der Waals surface area contributed by atoms with Crippen molar-refractivity contribution >= 4 is 0 Å². The molecule has 11 rings (SSSR count). The van der Waals surface area contributed by atoms with Gasteiger partial charge in [0.15, 0.2) is 17.5 Å². The summed E-state index contributed by atoms with van der Waals surface area (Å²) in [6.45, 7) is 4.68. The Morgan fingerprint density at radius 3 is 1.33 bits per heavy atom. The van der Waals surface area contributed by atoms with Gasteiger partial charge < -0.3 is 0 Å². The molecule has 0 atom stereocenters. The van der Waals surface area contributed by atoms with Crippen molar-refractivity contribution in [1.82, 2.24) is 15.0 Å². The first-order valence-corrected chi connectivity index (χ1v) is 20.0. The number of aromatic nitrogens is 3. The molecule has 3 heteroatoms. The summed E-state index contributed by atoms with van der Waals surface area (Å²) in [6.07, 6.45) is 0. The number of nitrogens with zero attached hydrogens (tertiary/aromatic N) is 3. The van der Waals surface area contributed by atoms with E-state index in [-0.39, 0.29) is 5.41 Å². The van der Waals surface area contributed by atoms with E-state index < -0.39 is 5.41 Å². The SMILES string of the molecule is CC1(C)c2ccccc2-c2cc(-c3cc4c(cc3-c3nc(-c5ccccc5)nc(-c5ccccc5)n3)-c3ccccc3C4(c3ccccc3)c3ccccc3)ccc21. The van der Waals surface area contributed by atoms with E-state index in [0.717, 1.165) is 27.8 Å². The van der Waals surface area contributed by atoms with Crippen LogP contribution in [-0.4, -0.2) is 15.0 Å². The Balaban J connectivity index is 1.26. The summed E-state index contributed by atoms with van der Waals surface area (Å²) in [5.41, 5.74) is 17.0. The largest absolute Gasteiger partial charge is 0.208 e. The van der Waals surface area contributed by atoms with Crippen molar-refractivity contribution < 1.29 is 0 Å². The fraction of sp³-hybridized carbons (Fsp3) is 0.0727. The highest BCUT2D eigenvalue weighted by Crippen LogP contribution is 2.58. The summed E-state index contributed by atoms with van der Waals surface area (Å²) < 4.78 is 0. The van der Waals surface area contributed by atoms with Crippen LogP contribution in [0.25, 0.3) is 67.5 Å². The molecule has 0 radical (unpaired) electrons. The smallest absolute Gasteiger partial charge is 0.164 e. The number of rotatable bonds is 6. The van der Waals surface area contributed by atoms with Crippen LogP contribution >= 0.6 is 0 Å². The van der Waals surface area contributed by atoms with Crippen LogP contribution in [0.4, 0.5) is 0 Å². The highest BCUT2D eigenvalue weighted by atomic mass is 15.0. The third-order valence-electron chi connectivity index (χ3n) is 12.4. The molecule has 1 aromatic heterocycles. The van der Waals surface area contributed by atoms with Gasteiger partial charge in [0.05, 0.1) is 5.41 Å². The van der Waals surface area contributed by atoms with Crippen LogP contribution in [-0.2, 0) is 10.8 Å². The van der Waals surface area contributed by atoms with Crippen LogP contribution in [0.15, 0.2) is 200 Å². The zero-order valence-corrected chi connectivity index (χ0v) is 32.4. The first-order chi connectivity index (χ1) is 28.5. The molecule has 2 aliphatic carbocycles. The lowest BCUT2D eigenvalue weighted by Gasteiger charge is -2.34. The molecule has 2 aliphatic rings. The maximum atomic E-state index is 5.33. The van der Waals surface area contributed by atoms with Crippen molar-refractivity contribution in [1.29, 1.82) is 0 Å². The second-order valence-electron chi connectivity index (χ2n) is 15.9. The minimum atomic E-state index is -0.559. The van der Waals surface area contributed by atoms with Gasteiger partial charge in [0.2, 0.25) is 0 Å². The lowest BCUT2D eigenvalue weighted by atomic mass is 9.67. The summed E-state index contributed by atoms with van der Waals surface area (Å²) in [4.78, 5) is 15.7. The summed E-state index contributed by atoms with van der Waals surface area (Å²) in [5, 5.41) is 0. The molecule has 0 N–H and O–H groups in total. The van der Waals surface area contributed by atoms with Crippen LogP contribution < -0.4 is 0 Å². The van der Waals surface area contributed by atoms with Crippen molar-refractivity contribution in [3.8, 4) is 67.5 Å². The van der Waals surface area contributed by atoms with Crippen molar-refractivity contribution in [3.63, 3.8) is 0 Å². The predicted molar refractivity (Wildman–Crippen MR) is 236 cm³/mol. The first-order valence-electron chi connectivity index (χ1n) is 20.0. The molecular weight excluding hydrogens is 703 g/mol. The molecule has 0 amide bonds. The normalized spacial score (nSPS) is 14.0. The average molecular weight is 742 g/mol. The first kappa shape index (κ1) is 34.1. The molecule has 0 saturated carbocycles. The maximum absolute atomic E-state index is 5.33.